The lowest BCUT2D eigenvalue weighted by atomic mass is 12.0. The molecule has 0 saturated heterocycles. The minimum Gasteiger partial charge on any atom is -0.0776 e. The van der Waals surface area contributed by atoms with Gasteiger partial charge in [0.15, 0.2) is 0 Å². The molecule has 0 aliphatic carbocycles. The van der Waals surface area contributed by atoms with Crippen molar-refractivity contribution < 1.29 is 0 Å². The van der Waals surface area contributed by atoms with Crippen molar-refractivity contribution in [3.05, 3.63) is 0 Å². The van der Waals surface area contributed by atoms with Gasteiger partial charge in [-0.25, -0.2) is 0 Å². The summed E-state index contributed by atoms with van der Waals surface area (Å²) in [7, 11) is 0. The van der Waals surface area contributed by atoms with Crippen LogP contribution < -0.4 is 0 Å². The number of hydrogen-bond donors (Lipinski definition) is 0. The zero-order valence-electron chi connectivity index (χ0n) is 0. The molecule has 0 bridgehead atoms. The number of hydrogen-bond acceptors (Lipinski definition) is 0. The van der Waals surface area contributed by atoms with Crippen LogP contribution in [0, 0.1) is 0 Å². The lowest BCUT2D eigenvalue weighted by Crippen LogP contribution is 0.143. The van der Waals surface area contributed by atoms with Crippen LogP contribution in [0.2, 0.25) is 0 Å². The Kier molecular flexibility index (Phi) is 0. The van der Waals surface area contributed by atoms with E-state index in [-0.39, 0.29) is 245 Å². The van der Waals surface area contributed by atoms with Crippen LogP contribution in [0.15, 0.2) is 0 Å². The van der Waals surface area contributed by atoms with Crippen molar-refractivity contribution in [2.75, 3.05) is 0 Å². The molecule has 0 aliphatic rings. The van der Waals surface area contributed by atoms with Crippen molar-refractivity contribution in [2.45, 2.75) is 245 Å². The van der Waals surface area contributed by atoms with Crippen LogP contribution in [0.3, 0.4) is 0 Å². The smallest absolute Gasteiger partial charge is 0.0776 e. The molecule has 0 saturated carbocycles. The second kappa shape index (κ2) is 0. The van der Waals surface area contributed by atoms with E-state index < -0.39 is 0 Å². The van der Waals surface area contributed by atoms with Crippen molar-refractivity contribution in [3.8, 4) is 0 Å². The summed E-state index contributed by atoms with van der Waals surface area (Å²) in [6.07, 6.45) is 0. The minimum absolute atomic E-state index is 0. The average Bonchev–Trinajstić information content (AvgIpc) is 0. The first-order valence-electron chi connectivity index (χ1n) is 0. The monoisotopic (exact) mass is 529 g/mol. The van der Waals surface area contributed by atoms with E-state index in [2.05, 4.69) is 0 Å². The molecule has 0 aromatic rings. The lowest BCUT2D eigenvalue weighted by molar-refractivity contribution is 2.50. The molecule has 0 aromatic carbocycles. The minimum atomic E-state index is 0. The Hall–Kier alpha value is 0. The number of rotatable bonds is 0. The van der Waals surface area contributed by atoms with E-state index in [0.717, 1.165) is 0 Å². The SMILES string of the molecule is C.C.C.C.C.C.C.C.C.C.C.C.C.C.C.C.C.C.C.C.C.C.C.C.C.C.C.C.C.C.C.C.C. The zero-order chi connectivity index (χ0) is 0. The Balaban J connectivity index is 0. The normalized spacial score (nSPS) is 0. The van der Waals surface area contributed by atoms with Gasteiger partial charge in [-0.2, -0.15) is 0 Å². The molecule has 0 unspecified atom stereocenters. The summed E-state index contributed by atoms with van der Waals surface area (Å²) in [6, 6.07) is 0. The Labute approximate surface area is 245 Å². The molecule has 0 N–H and O–H groups in total. The van der Waals surface area contributed by atoms with Gasteiger partial charge in [0.1, 0.15) is 0 Å². The maximum Gasteiger partial charge on any atom is -0.0776 e. The van der Waals surface area contributed by atoms with Crippen molar-refractivity contribution >= 4 is 0 Å². The highest BCUT2D eigenvalue weighted by atomic mass is 12.0. The van der Waals surface area contributed by atoms with Gasteiger partial charge >= 0.3 is 0 Å². The Morgan fingerprint density at radius 1 is 0.0303 bits per heavy atom. The van der Waals surface area contributed by atoms with Crippen LogP contribution in [0.1, 0.15) is 245 Å². The maximum atomic E-state index is 0. The molecule has 0 spiro atoms. The molecule has 0 atom stereocenters. The van der Waals surface area contributed by atoms with E-state index in [1.54, 1.807) is 0 Å². The van der Waals surface area contributed by atoms with E-state index in [1.807, 2.05) is 0 Å². The summed E-state index contributed by atoms with van der Waals surface area (Å²) in [5.74, 6) is 0. The molecular formula is C33H132. The second-order valence-electron chi connectivity index (χ2n) is 0. The standard InChI is InChI=1S/33CH4/h33*1H4. The third-order valence-electron chi connectivity index (χ3n) is 0. The first-order valence-corrected chi connectivity index (χ1v) is 0. The molecule has 0 rings (SSSR count). The second-order valence-corrected chi connectivity index (χ2v) is 0. The van der Waals surface area contributed by atoms with Crippen molar-refractivity contribution in [2.24, 2.45) is 0 Å². The highest BCUT2D eigenvalue weighted by molar-refractivity contribution is 2.54. The fourth-order valence-corrected chi connectivity index (χ4v) is 0. The molecule has 33 heavy (non-hydrogen) atoms. The van der Waals surface area contributed by atoms with Crippen LogP contribution in [0.4, 0.5) is 0 Å². The van der Waals surface area contributed by atoms with Crippen LogP contribution in [0.25, 0.3) is 0 Å². The van der Waals surface area contributed by atoms with Gasteiger partial charge in [0, 0.05) is 0 Å². The highest BCUT2D eigenvalue weighted by Gasteiger charge is -0.0456. The van der Waals surface area contributed by atoms with Gasteiger partial charge < -0.3 is 0 Å². The lowest BCUT2D eigenvalue weighted by Gasteiger charge is -0.0786. The van der Waals surface area contributed by atoms with Gasteiger partial charge in [0.25, 0.3) is 0 Å². The van der Waals surface area contributed by atoms with E-state index >= 15 is 0 Å². The fraction of sp³-hybridized carbons (Fsp3) is 1.00. The Morgan fingerprint density at radius 2 is 0.0303 bits per heavy atom. The molecule has 264 valence electrons. The topological polar surface area (TPSA) is 0 Å². The molecule has 0 heteroatoms. The Morgan fingerprint density at radius 3 is 0.0303 bits per heavy atom. The van der Waals surface area contributed by atoms with Gasteiger partial charge in [-0.15, -0.1) is 0 Å². The third-order valence-corrected chi connectivity index (χ3v) is 0. The van der Waals surface area contributed by atoms with E-state index in [4.69, 9.17) is 0 Å². The van der Waals surface area contributed by atoms with Gasteiger partial charge in [-0.3, -0.25) is 0 Å². The van der Waals surface area contributed by atoms with Crippen LogP contribution in [0.5, 0.6) is 0 Å². The van der Waals surface area contributed by atoms with Gasteiger partial charge in [-0.1, -0.05) is 245 Å². The van der Waals surface area contributed by atoms with Crippen molar-refractivity contribution in [1.29, 1.82) is 0 Å². The molecule has 0 nitrogen and oxygen atoms in total. The molecule has 0 heterocycles. The summed E-state index contributed by atoms with van der Waals surface area (Å²) < 4.78 is 0. The maximum absolute atomic E-state index is 0. The first-order chi connectivity index (χ1) is 0. The predicted molar refractivity (Wildman–Crippen MR) is 222 cm³/mol. The zero-order valence-corrected chi connectivity index (χ0v) is 0. The van der Waals surface area contributed by atoms with Crippen LogP contribution in [-0.2, 0) is 0 Å². The summed E-state index contributed by atoms with van der Waals surface area (Å²) >= 11 is 0. The van der Waals surface area contributed by atoms with Crippen molar-refractivity contribution in [3.63, 3.8) is 0 Å². The molecule has 0 amide bonds. The molecular weight excluding hydrogens is 396 g/mol. The van der Waals surface area contributed by atoms with E-state index in [9.17, 15) is 0 Å². The molecule has 0 radical (unpaired) electrons. The predicted octanol–water partition coefficient (Wildman–Crippen LogP) is 21.0. The van der Waals surface area contributed by atoms with Gasteiger partial charge in [0.05, 0.1) is 0 Å². The average molecular weight is 529 g/mol. The quantitative estimate of drug-likeness (QED) is 0.293. The highest BCUT2D eigenvalue weighted by Crippen LogP contribution is 0.176. The summed E-state index contributed by atoms with van der Waals surface area (Å²) in [6.45, 7) is 0. The summed E-state index contributed by atoms with van der Waals surface area (Å²) in [5, 5.41) is 0. The van der Waals surface area contributed by atoms with Gasteiger partial charge in [0.2, 0.25) is 0 Å². The third kappa shape index (κ3) is 0. The first kappa shape index (κ1) is 0. The summed E-state index contributed by atoms with van der Waals surface area (Å²) in [5.41, 5.74) is 0. The van der Waals surface area contributed by atoms with Crippen LogP contribution >= 0.6 is 0 Å². The molecule has 0 aromatic heterocycles. The largest absolute Gasteiger partial charge is 0.0776 e. The summed E-state index contributed by atoms with van der Waals surface area (Å²) in [4.78, 5) is 0. The Bertz CT molecular complexity index is 0. The molecule has 0 aliphatic heterocycles. The van der Waals surface area contributed by atoms with Crippen molar-refractivity contribution in [1.82, 2.24) is 0 Å². The fourth-order valence-electron chi connectivity index (χ4n) is 0. The molecule has 0 fully saturated rings. The van der Waals surface area contributed by atoms with E-state index in [0.29, 0.717) is 0 Å². The van der Waals surface area contributed by atoms with Gasteiger partial charge in [-0.05, 0) is 0 Å². The van der Waals surface area contributed by atoms with E-state index in [1.165, 1.54) is 0 Å². The van der Waals surface area contributed by atoms with Crippen LogP contribution in [-0.4, -0.2) is 0 Å².